The molecular formula is C20H19N3O6S. The lowest BCUT2D eigenvalue weighted by Gasteiger charge is -2.26. The molecule has 1 aromatic carbocycles. The smallest absolute Gasteiger partial charge is 0.306 e. The van der Waals surface area contributed by atoms with Gasteiger partial charge in [0.05, 0.1) is 13.0 Å². The second-order valence-electron chi connectivity index (χ2n) is 6.49. The van der Waals surface area contributed by atoms with E-state index in [0.29, 0.717) is 29.8 Å². The molecule has 9 nitrogen and oxygen atoms in total. The maximum Gasteiger partial charge on any atom is 0.306 e. The quantitative estimate of drug-likeness (QED) is 0.543. The number of ether oxygens (including phenoxy) is 3. The fraction of sp³-hybridized carbons (Fsp3) is 0.300. The van der Waals surface area contributed by atoms with Crippen LogP contribution in [-0.4, -0.2) is 47.9 Å². The maximum atomic E-state index is 11.9. The van der Waals surface area contributed by atoms with Crippen LogP contribution in [0.1, 0.15) is 12.3 Å². The van der Waals surface area contributed by atoms with Gasteiger partial charge in [0.15, 0.2) is 18.1 Å². The Hall–Kier alpha value is -3.40. The number of amides is 1. The number of aryl methyl sites for hydroxylation is 1. The summed E-state index contributed by atoms with van der Waals surface area (Å²) in [4.78, 5) is 28.0. The Labute approximate surface area is 175 Å². The van der Waals surface area contributed by atoms with Crippen LogP contribution in [0.15, 0.2) is 45.6 Å². The molecule has 1 aliphatic rings. The van der Waals surface area contributed by atoms with Gasteiger partial charge >= 0.3 is 5.97 Å². The lowest BCUT2D eigenvalue weighted by Crippen LogP contribution is -2.42. The number of hydrogen-bond acceptors (Lipinski definition) is 9. The van der Waals surface area contributed by atoms with Crippen LogP contribution in [0.4, 0.5) is 0 Å². The first-order valence-electron chi connectivity index (χ1n) is 9.33. The van der Waals surface area contributed by atoms with Gasteiger partial charge < -0.3 is 24.1 Å². The molecule has 0 radical (unpaired) electrons. The molecule has 1 amide bonds. The minimum absolute atomic E-state index is 0.0366. The lowest BCUT2D eigenvalue weighted by atomic mass is 10.2. The van der Waals surface area contributed by atoms with Crippen molar-refractivity contribution in [3.8, 4) is 22.9 Å². The highest BCUT2D eigenvalue weighted by Gasteiger charge is 2.21. The van der Waals surface area contributed by atoms with Gasteiger partial charge in [-0.1, -0.05) is 17.3 Å². The molecular weight excluding hydrogens is 410 g/mol. The molecule has 3 aromatic rings. The third-order valence-corrected chi connectivity index (χ3v) is 4.93. The zero-order chi connectivity index (χ0) is 20.8. The van der Waals surface area contributed by atoms with E-state index in [1.54, 1.807) is 6.07 Å². The second kappa shape index (κ2) is 9.40. The third kappa shape index (κ3) is 5.15. The molecule has 0 fully saturated rings. The second-order valence-corrected chi connectivity index (χ2v) is 7.27. The molecule has 1 aliphatic heterocycles. The average molecular weight is 429 g/mol. The summed E-state index contributed by atoms with van der Waals surface area (Å²) < 4.78 is 21.5. The van der Waals surface area contributed by atoms with Gasteiger partial charge in [-0.05, 0) is 23.6 Å². The van der Waals surface area contributed by atoms with Crippen LogP contribution in [0.2, 0.25) is 0 Å². The van der Waals surface area contributed by atoms with Crippen molar-refractivity contribution >= 4 is 23.2 Å². The number of rotatable bonds is 8. The van der Waals surface area contributed by atoms with Crippen molar-refractivity contribution in [3.63, 3.8) is 0 Å². The van der Waals surface area contributed by atoms with Crippen LogP contribution in [-0.2, 0) is 20.7 Å². The Bertz CT molecular complexity index is 1000. The first kappa shape index (κ1) is 19.9. The van der Waals surface area contributed by atoms with E-state index in [0.717, 1.165) is 5.56 Å². The number of aromatic nitrogens is 2. The van der Waals surface area contributed by atoms with E-state index in [-0.39, 0.29) is 32.1 Å². The summed E-state index contributed by atoms with van der Waals surface area (Å²) in [6, 6.07) is 9.22. The summed E-state index contributed by atoms with van der Waals surface area (Å²) in [5, 5.41) is 10.4. The highest BCUT2D eigenvalue weighted by molar-refractivity contribution is 7.08. The summed E-state index contributed by atoms with van der Waals surface area (Å²) in [5.41, 5.74) is 0.866. The topological polar surface area (TPSA) is 113 Å². The molecule has 4 rings (SSSR count). The van der Waals surface area contributed by atoms with E-state index in [1.165, 1.54) is 11.3 Å². The number of esters is 1. The van der Waals surface area contributed by atoms with Crippen molar-refractivity contribution < 1.29 is 28.3 Å². The number of thiophene rings is 1. The molecule has 1 N–H and O–H groups in total. The number of nitrogens with zero attached hydrogens (tertiary/aromatic N) is 2. The average Bonchev–Trinajstić information content (AvgIpc) is 3.46. The first-order chi connectivity index (χ1) is 14.7. The maximum absolute atomic E-state index is 11.9. The van der Waals surface area contributed by atoms with E-state index >= 15 is 0 Å². The molecule has 0 aliphatic carbocycles. The van der Waals surface area contributed by atoms with Gasteiger partial charge in [0, 0.05) is 17.4 Å². The van der Waals surface area contributed by atoms with Gasteiger partial charge in [-0.3, -0.25) is 9.59 Å². The van der Waals surface area contributed by atoms with Crippen LogP contribution in [0.5, 0.6) is 11.5 Å². The zero-order valence-corrected chi connectivity index (χ0v) is 16.7. The molecule has 156 valence electrons. The SMILES string of the molecule is O=C(COC(=O)CCc1nc(-c2ccsc2)no1)NCC1COc2ccccc2O1. The molecule has 1 unspecified atom stereocenters. The van der Waals surface area contributed by atoms with Crippen LogP contribution in [0, 0.1) is 0 Å². The van der Waals surface area contributed by atoms with E-state index in [9.17, 15) is 9.59 Å². The molecule has 0 spiro atoms. The minimum atomic E-state index is -0.522. The van der Waals surface area contributed by atoms with Crippen molar-refractivity contribution in [1.29, 1.82) is 0 Å². The predicted molar refractivity (Wildman–Crippen MR) is 106 cm³/mol. The van der Waals surface area contributed by atoms with E-state index < -0.39 is 11.9 Å². The Morgan fingerprint density at radius 3 is 2.93 bits per heavy atom. The normalized spacial score (nSPS) is 14.9. The summed E-state index contributed by atoms with van der Waals surface area (Å²) in [6.07, 6.45) is -0.0337. The van der Waals surface area contributed by atoms with Crippen LogP contribution < -0.4 is 14.8 Å². The zero-order valence-electron chi connectivity index (χ0n) is 15.9. The van der Waals surface area contributed by atoms with Crippen LogP contribution in [0.3, 0.4) is 0 Å². The van der Waals surface area contributed by atoms with Gasteiger partial charge in [0.1, 0.15) is 12.7 Å². The van der Waals surface area contributed by atoms with Gasteiger partial charge in [-0.2, -0.15) is 16.3 Å². The van der Waals surface area contributed by atoms with Gasteiger partial charge in [-0.25, -0.2) is 0 Å². The van der Waals surface area contributed by atoms with Crippen molar-refractivity contribution in [1.82, 2.24) is 15.5 Å². The lowest BCUT2D eigenvalue weighted by molar-refractivity contribution is -0.148. The molecule has 3 heterocycles. The number of hydrogen-bond donors (Lipinski definition) is 1. The highest BCUT2D eigenvalue weighted by atomic mass is 32.1. The Morgan fingerprint density at radius 1 is 1.23 bits per heavy atom. The number of benzene rings is 1. The van der Waals surface area contributed by atoms with Crippen molar-refractivity contribution in [2.24, 2.45) is 0 Å². The van der Waals surface area contributed by atoms with Gasteiger partial charge in [0.25, 0.3) is 5.91 Å². The molecule has 0 bridgehead atoms. The molecule has 10 heteroatoms. The Kier molecular flexibility index (Phi) is 6.23. The summed E-state index contributed by atoms with van der Waals surface area (Å²) >= 11 is 1.53. The number of fused-ring (bicyclic) bond motifs is 1. The summed E-state index contributed by atoms with van der Waals surface area (Å²) in [5.74, 6) is 1.20. The number of nitrogens with one attached hydrogen (secondary N) is 1. The molecule has 0 saturated carbocycles. The van der Waals surface area contributed by atoms with Gasteiger partial charge in [-0.15, -0.1) is 0 Å². The molecule has 30 heavy (non-hydrogen) atoms. The molecule has 1 atom stereocenters. The van der Waals surface area contributed by atoms with E-state index in [1.807, 2.05) is 35.0 Å². The highest BCUT2D eigenvalue weighted by Crippen LogP contribution is 2.30. The predicted octanol–water partition coefficient (Wildman–Crippen LogP) is 2.23. The molecule has 2 aromatic heterocycles. The van der Waals surface area contributed by atoms with Crippen molar-refractivity contribution in [2.75, 3.05) is 19.8 Å². The monoisotopic (exact) mass is 429 g/mol. The van der Waals surface area contributed by atoms with E-state index in [2.05, 4.69) is 15.5 Å². The summed E-state index contributed by atoms with van der Waals surface area (Å²) in [7, 11) is 0. The number of carbonyl (C=O) groups is 2. The van der Waals surface area contributed by atoms with Crippen LogP contribution >= 0.6 is 11.3 Å². The standard InChI is InChI=1S/C20H19N3O6S/c24-17(21-9-14-10-26-15-3-1-2-4-16(15)28-14)11-27-19(25)6-5-18-22-20(23-29-18)13-7-8-30-12-13/h1-4,7-8,12,14H,5-6,9-11H2,(H,21,24). The summed E-state index contributed by atoms with van der Waals surface area (Å²) in [6.45, 7) is 0.208. The van der Waals surface area contributed by atoms with Crippen molar-refractivity contribution in [3.05, 3.63) is 47.0 Å². The van der Waals surface area contributed by atoms with Crippen molar-refractivity contribution in [2.45, 2.75) is 18.9 Å². The largest absolute Gasteiger partial charge is 0.486 e. The molecule has 0 saturated heterocycles. The fourth-order valence-electron chi connectivity index (χ4n) is 2.73. The number of carbonyl (C=O) groups excluding carboxylic acids is 2. The minimum Gasteiger partial charge on any atom is -0.486 e. The first-order valence-corrected chi connectivity index (χ1v) is 10.3. The fourth-order valence-corrected chi connectivity index (χ4v) is 3.37. The Morgan fingerprint density at radius 2 is 2.10 bits per heavy atom. The van der Waals surface area contributed by atoms with E-state index in [4.69, 9.17) is 18.7 Å². The number of para-hydroxylation sites is 2. The Balaban J connectivity index is 1.14. The van der Waals surface area contributed by atoms with Gasteiger partial charge in [0.2, 0.25) is 11.7 Å². The third-order valence-electron chi connectivity index (χ3n) is 4.25. The van der Waals surface area contributed by atoms with Crippen LogP contribution in [0.25, 0.3) is 11.4 Å².